The highest BCUT2D eigenvalue weighted by atomic mass is 32.2. The summed E-state index contributed by atoms with van der Waals surface area (Å²) in [5, 5.41) is 0.920. The largest absolute Gasteiger partial charge is 0.464 e. The summed E-state index contributed by atoms with van der Waals surface area (Å²) < 4.78 is 36.7. The molecule has 172 valence electrons. The van der Waals surface area contributed by atoms with Crippen molar-refractivity contribution in [3.8, 4) is 0 Å². The van der Waals surface area contributed by atoms with Crippen molar-refractivity contribution >= 4 is 38.4 Å². The minimum atomic E-state index is -3.34. The molecule has 0 unspecified atom stereocenters. The van der Waals surface area contributed by atoms with Gasteiger partial charge >= 0.3 is 5.97 Å². The Balaban J connectivity index is 1.23. The molecule has 1 aliphatic carbocycles. The van der Waals surface area contributed by atoms with Crippen LogP contribution in [0.15, 0.2) is 41.0 Å². The van der Waals surface area contributed by atoms with Gasteiger partial charge in [-0.25, -0.2) is 8.42 Å². The van der Waals surface area contributed by atoms with Gasteiger partial charge in [0, 0.05) is 23.1 Å². The second-order valence-corrected chi connectivity index (χ2v) is 10.7. The molecule has 3 aromatic rings. The smallest absolute Gasteiger partial charge is 0.310 e. The number of rotatable bonds is 7. The van der Waals surface area contributed by atoms with Gasteiger partial charge in [0.2, 0.25) is 10.0 Å². The van der Waals surface area contributed by atoms with E-state index in [-0.39, 0.29) is 24.6 Å². The van der Waals surface area contributed by atoms with Gasteiger partial charge in [0.05, 0.1) is 24.1 Å². The van der Waals surface area contributed by atoms with Crippen LogP contribution in [0.1, 0.15) is 46.0 Å². The Hall–Kier alpha value is -3.13. The number of aryl methyl sites for hydroxylation is 2. The minimum Gasteiger partial charge on any atom is -0.464 e. The van der Waals surface area contributed by atoms with Crippen LogP contribution in [0.5, 0.6) is 0 Å². The summed E-state index contributed by atoms with van der Waals surface area (Å²) >= 11 is 0. The molecule has 0 spiro atoms. The second kappa shape index (κ2) is 8.33. The fourth-order valence-corrected chi connectivity index (χ4v) is 5.87. The predicted molar refractivity (Wildman–Crippen MR) is 124 cm³/mol. The molecule has 2 aliphatic rings. The average molecular weight is 468 g/mol. The number of esters is 1. The number of sulfonamides is 1. The third-order valence-corrected chi connectivity index (χ3v) is 8.30. The van der Waals surface area contributed by atoms with Gasteiger partial charge in [0.25, 0.3) is 0 Å². The van der Waals surface area contributed by atoms with E-state index < -0.39 is 16.0 Å². The molecule has 8 heteroatoms. The van der Waals surface area contributed by atoms with Crippen molar-refractivity contribution in [3.05, 3.63) is 64.4 Å². The molecule has 0 amide bonds. The molecule has 0 fully saturated rings. The van der Waals surface area contributed by atoms with Crippen LogP contribution in [0.25, 0.3) is 11.0 Å². The number of nitrogens with zero attached hydrogens (tertiary/aromatic N) is 1. The molecular weight excluding hydrogens is 442 g/mol. The van der Waals surface area contributed by atoms with E-state index in [4.69, 9.17) is 9.15 Å². The van der Waals surface area contributed by atoms with E-state index in [2.05, 4.69) is 12.1 Å². The second-order valence-electron chi connectivity index (χ2n) is 8.56. The molecule has 0 N–H and O–H groups in total. The first kappa shape index (κ1) is 21.7. The van der Waals surface area contributed by atoms with Crippen molar-refractivity contribution in [2.45, 2.75) is 39.0 Å². The van der Waals surface area contributed by atoms with Gasteiger partial charge < -0.3 is 9.15 Å². The SMILES string of the molecule is CCS(=O)(=O)N1CCc2cc(C(=O)COC(=O)Cc3coc4cc5c(cc34)CCC5)ccc21. The zero-order valence-electron chi connectivity index (χ0n) is 18.4. The van der Waals surface area contributed by atoms with Gasteiger partial charge in [0.1, 0.15) is 5.58 Å². The molecule has 1 aliphatic heterocycles. The van der Waals surface area contributed by atoms with Crippen molar-refractivity contribution in [3.63, 3.8) is 0 Å². The molecule has 7 nitrogen and oxygen atoms in total. The summed E-state index contributed by atoms with van der Waals surface area (Å²) in [7, 11) is -3.34. The summed E-state index contributed by atoms with van der Waals surface area (Å²) in [4.78, 5) is 25.0. The van der Waals surface area contributed by atoms with E-state index in [1.54, 1.807) is 31.4 Å². The van der Waals surface area contributed by atoms with Crippen molar-refractivity contribution in [1.29, 1.82) is 0 Å². The van der Waals surface area contributed by atoms with Crippen molar-refractivity contribution in [2.75, 3.05) is 23.2 Å². The summed E-state index contributed by atoms with van der Waals surface area (Å²) in [6, 6.07) is 9.09. The number of hydrogen-bond donors (Lipinski definition) is 0. The Labute approximate surface area is 192 Å². The molecule has 1 aromatic heterocycles. The molecule has 5 rings (SSSR count). The Kier molecular flexibility index (Phi) is 5.48. The lowest BCUT2D eigenvalue weighted by molar-refractivity contribution is -0.141. The van der Waals surface area contributed by atoms with Gasteiger partial charge in [-0.2, -0.15) is 0 Å². The van der Waals surface area contributed by atoms with Crippen LogP contribution < -0.4 is 4.31 Å². The number of fused-ring (bicyclic) bond motifs is 3. The molecule has 0 bridgehead atoms. The molecule has 0 saturated heterocycles. The number of hydrogen-bond acceptors (Lipinski definition) is 6. The Morgan fingerprint density at radius 3 is 2.64 bits per heavy atom. The zero-order valence-corrected chi connectivity index (χ0v) is 19.2. The maximum Gasteiger partial charge on any atom is 0.310 e. The molecule has 2 heterocycles. The lowest BCUT2D eigenvalue weighted by Gasteiger charge is -2.18. The van der Waals surface area contributed by atoms with Crippen LogP contribution in [0.3, 0.4) is 0 Å². The van der Waals surface area contributed by atoms with Crippen molar-refractivity contribution < 1.29 is 27.2 Å². The third kappa shape index (κ3) is 4.04. The van der Waals surface area contributed by atoms with Gasteiger partial charge in [-0.15, -0.1) is 0 Å². The maximum absolute atomic E-state index is 12.6. The fraction of sp³-hybridized carbons (Fsp3) is 0.360. The molecule has 0 atom stereocenters. The first-order chi connectivity index (χ1) is 15.9. The van der Waals surface area contributed by atoms with Crippen LogP contribution in [-0.4, -0.2) is 39.1 Å². The van der Waals surface area contributed by atoms with E-state index >= 15 is 0 Å². The number of ether oxygens (including phenoxy) is 1. The molecule has 2 aromatic carbocycles. The highest BCUT2D eigenvalue weighted by Gasteiger charge is 2.28. The average Bonchev–Trinajstić information content (AvgIpc) is 3.54. The van der Waals surface area contributed by atoms with Crippen LogP contribution in [0, 0.1) is 0 Å². The van der Waals surface area contributed by atoms with Crippen molar-refractivity contribution in [2.24, 2.45) is 0 Å². The lowest BCUT2D eigenvalue weighted by Crippen LogP contribution is -2.30. The fourth-order valence-electron chi connectivity index (χ4n) is 4.71. The summed E-state index contributed by atoms with van der Waals surface area (Å²) in [5.74, 6) is -0.789. The van der Waals surface area contributed by atoms with E-state index in [0.29, 0.717) is 24.2 Å². The summed E-state index contributed by atoms with van der Waals surface area (Å²) in [6.45, 7) is 1.62. The quantitative estimate of drug-likeness (QED) is 0.389. The van der Waals surface area contributed by atoms with Crippen LogP contribution in [0.2, 0.25) is 0 Å². The summed E-state index contributed by atoms with van der Waals surface area (Å²) in [6.07, 6.45) is 5.40. The van der Waals surface area contributed by atoms with Crippen LogP contribution >= 0.6 is 0 Å². The number of carbonyl (C=O) groups excluding carboxylic acids is 2. The Bertz CT molecular complexity index is 1370. The number of carbonyl (C=O) groups is 2. The zero-order chi connectivity index (χ0) is 23.2. The Morgan fingerprint density at radius 1 is 1.06 bits per heavy atom. The van der Waals surface area contributed by atoms with E-state index in [1.165, 1.54) is 15.4 Å². The number of furan rings is 1. The van der Waals surface area contributed by atoms with Gasteiger partial charge in [-0.1, -0.05) is 0 Å². The van der Waals surface area contributed by atoms with E-state index in [9.17, 15) is 18.0 Å². The molecule has 0 saturated carbocycles. The van der Waals surface area contributed by atoms with Gasteiger partial charge in [-0.3, -0.25) is 13.9 Å². The van der Waals surface area contributed by atoms with Gasteiger partial charge in [0.15, 0.2) is 12.4 Å². The molecular formula is C25H25NO6S. The van der Waals surface area contributed by atoms with Gasteiger partial charge in [-0.05, 0) is 79.6 Å². The minimum absolute atomic E-state index is 0.0253. The normalized spacial score (nSPS) is 15.0. The topological polar surface area (TPSA) is 93.9 Å². The van der Waals surface area contributed by atoms with Crippen molar-refractivity contribution in [1.82, 2.24) is 0 Å². The first-order valence-electron chi connectivity index (χ1n) is 11.2. The maximum atomic E-state index is 12.6. The molecule has 0 radical (unpaired) electrons. The van der Waals surface area contributed by atoms with Crippen LogP contribution in [-0.2, 0) is 45.2 Å². The predicted octanol–water partition coefficient (Wildman–Crippen LogP) is 3.60. The van der Waals surface area contributed by atoms with Crippen LogP contribution in [0.4, 0.5) is 5.69 Å². The number of anilines is 1. The first-order valence-corrected chi connectivity index (χ1v) is 12.8. The standard InChI is InChI=1S/C25H25NO6S/c1-2-33(29,30)26-9-8-18-10-19(6-7-22(18)26)23(27)15-32-25(28)13-20-14-31-24-12-17-5-3-4-16(17)11-21(20)24/h6-7,10-12,14H,2-5,8-9,13,15H2,1H3. The lowest BCUT2D eigenvalue weighted by atomic mass is 10.0. The third-order valence-electron chi connectivity index (χ3n) is 6.52. The van der Waals surface area contributed by atoms with E-state index in [1.807, 2.05) is 0 Å². The Morgan fingerprint density at radius 2 is 1.85 bits per heavy atom. The number of ketones is 1. The number of benzene rings is 2. The van der Waals surface area contributed by atoms with E-state index in [0.717, 1.165) is 41.4 Å². The monoisotopic (exact) mass is 467 g/mol. The highest BCUT2D eigenvalue weighted by Crippen LogP contribution is 2.32. The highest BCUT2D eigenvalue weighted by molar-refractivity contribution is 7.92. The summed E-state index contributed by atoms with van der Waals surface area (Å²) in [5.41, 5.74) is 5.96. The number of Topliss-reactive ketones (excluding diaryl/α,β-unsaturated/α-hetero) is 1. The molecule has 33 heavy (non-hydrogen) atoms.